The van der Waals surface area contributed by atoms with Crippen LogP contribution < -0.4 is 10.1 Å². The Labute approximate surface area is 103 Å². The summed E-state index contributed by atoms with van der Waals surface area (Å²) in [6, 6.07) is 6.21. The van der Waals surface area contributed by atoms with Crippen LogP contribution in [0.5, 0.6) is 5.75 Å². The number of aryl methyl sites for hydroxylation is 1. The predicted molar refractivity (Wildman–Crippen MR) is 68.6 cm³/mol. The summed E-state index contributed by atoms with van der Waals surface area (Å²) >= 11 is 0. The second-order valence-corrected chi connectivity index (χ2v) is 4.89. The molecule has 1 heterocycles. The van der Waals surface area contributed by atoms with Gasteiger partial charge >= 0.3 is 0 Å². The van der Waals surface area contributed by atoms with Crippen molar-refractivity contribution in [3.63, 3.8) is 0 Å². The molecule has 1 aliphatic rings. The van der Waals surface area contributed by atoms with Gasteiger partial charge < -0.3 is 15.2 Å². The van der Waals surface area contributed by atoms with Gasteiger partial charge in [0.2, 0.25) is 0 Å². The summed E-state index contributed by atoms with van der Waals surface area (Å²) in [5, 5.41) is 13.2. The third kappa shape index (κ3) is 2.31. The molecule has 1 aliphatic heterocycles. The summed E-state index contributed by atoms with van der Waals surface area (Å²) in [6.45, 7) is 4.18. The van der Waals surface area contributed by atoms with Crippen LogP contribution >= 0.6 is 0 Å². The topological polar surface area (TPSA) is 41.5 Å². The molecule has 0 aliphatic carbocycles. The van der Waals surface area contributed by atoms with Gasteiger partial charge in [0.15, 0.2) is 0 Å². The molecule has 0 saturated carbocycles. The molecule has 0 aromatic heterocycles. The third-order valence-electron chi connectivity index (χ3n) is 3.79. The molecule has 0 atom stereocenters. The van der Waals surface area contributed by atoms with Crippen LogP contribution in [0.4, 0.5) is 0 Å². The summed E-state index contributed by atoms with van der Waals surface area (Å²) < 4.78 is 5.45. The Morgan fingerprint density at radius 2 is 2.06 bits per heavy atom. The minimum absolute atomic E-state index is 0.136. The van der Waals surface area contributed by atoms with Gasteiger partial charge in [0.05, 0.1) is 13.7 Å². The van der Waals surface area contributed by atoms with Crippen LogP contribution in [0.25, 0.3) is 0 Å². The lowest BCUT2D eigenvalue weighted by atomic mass is 9.73. The number of ether oxygens (including phenoxy) is 1. The molecule has 0 spiro atoms. The third-order valence-corrected chi connectivity index (χ3v) is 3.79. The monoisotopic (exact) mass is 235 g/mol. The maximum Gasteiger partial charge on any atom is 0.122 e. The Kier molecular flexibility index (Phi) is 3.69. The molecule has 3 heteroatoms. The maximum absolute atomic E-state index is 9.82. The van der Waals surface area contributed by atoms with E-state index in [0.29, 0.717) is 0 Å². The van der Waals surface area contributed by atoms with Gasteiger partial charge in [-0.2, -0.15) is 0 Å². The highest BCUT2D eigenvalue weighted by Gasteiger charge is 2.35. The Morgan fingerprint density at radius 1 is 1.35 bits per heavy atom. The van der Waals surface area contributed by atoms with E-state index in [1.807, 2.05) is 6.07 Å². The number of hydrogen-bond acceptors (Lipinski definition) is 3. The number of aliphatic hydroxyl groups is 1. The number of nitrogens with one attached hydrogen (secondary N) is 1. The van der Waals surface area contributed by atoms with Gasteiger partial charge in [-0.25, -0.2) is 0 Å². The van der Waals surface area contributed by atoms with Gasteiger partial charge in [-0.1, -0.05) is 17.7 Å². The van der Waals surface area contributed by atoms with Gasteiger partial charge in [0, 0.05) is 11.0 Å². The molecule has 0 bridgehead atoms. The van der Waals surface area contributed by atoms with Gasteiger partial charge in [0.1, 0.15) is 5.75 Å². The first-order valence-corrected chi connectivity index (χ1v) is 6.18. The largest absolute Gasteiger partial charge is 0.496 e. The molecule has 17 heavy (non-hydrogen) atoms. The van der Waals surface area contributed by atoms with E-state index in [2.05, 4.69) is 24.4 Å². The molecular formula is C14H21NO2. The first-order valence-electron chi connectivity index (χ1n) is 6.18. The number of hydrogen-bond donors (Lipinski definition) is 2. The Morgan fingerprint density at radius 3 is 2.65 bits per heavy atom. The maximum atomic E-state index is 9.82. The number of methoxy groups -OCH3 is 1. The van der Waals surface area contributed by atoms with E-state index >= 15 is 0 Å². The molecule has 1 fully saturated rings. The van der Waals surface area contributed by atoms with E-state index in [9.17, 15) is 5.11 Å². The molecule has 3 nitrogen and oxygen atoms in total. The zero-order valence-electron chi connectivity index (χ0n) is 10.6. The van der Waals surface area contributed by atoms with Crippen LogP contribution in [0.2, 0.25) is 0 Å². The molecule has 0 unspecified atom stereocenters. The summed E-state index contributed by atoms with van der Waals surface area (Å²) in [6.07, 6.45) is 1.92. The van der Waals surface area contributed by atoms with E-state index in [4.69, 9.17) is 4.74 Å². The molecule has 1 aromatic rings. The van der Waals surface area contributed by atoms with Crippen LogP contribution in [0.1, 0.15) is 24.0 Å². The second kappa shape index (κ2) is 5.07. The van der Waals surface area contributed by atoms with Crippen molar-refractivity contribution in [1.82, 2.24) is 5.32 Å². The highest BCUT2D eigenvalue weighted by atomic mass is 16.5. The predicted octanol–water partition coefficient (Wildman–Crippen LogP) is 1.62. The summed E-state index contributed by atoms with van der Waals surface area (Å²) in [5.74, 6) is 0.895. The highest BCUT2D eigenvalue weighted by Crippen LogP contribution is 2.38. The van der Waals surface area contributed by atoms with Crippen LogP contribution in [-0.2, 0) is 5.41 Å². The van der Waals surface area contributed by atoms with Crippen molar-refractivity contribution in [2.24, 2.45) is 0 Å². The van der Waals surface area contributed by atoms with Gasteiger partial charge in [-0.15, -0.1) is 0 Å². The van der Waals surface area contributed by atoms with Gasteiger partial charge in [0.25, 0.3) is 0 Å². The zero-order valence-corrected chi connectivity index (χ0v) is 10.6. The number of piperidine rings is 1. The Hall–Kier alpha value is -1.06. The summed E-state index contributed by atoms with van der Waals surface area (Å²) in [7, 11) is 1.69. The van der Waals surface area contributed by atoms with Gasteiger partial charge in [-0.05, 0) is 38.9 Å². The lowest BCUT2D eigenvalue weighted by Crippen LogP contribution is -2.42. The average molecular weight is 235 g/mol. The van der Waals surface area contributed by atoms with Crippen LogP contribution in [-0.4, -0.2) is 31.9 Å². The number of rotatable bonds is 3. The fourth-order valence-electron chi connectivity index (χ4n) is 2.65. The van der Waals surface area contributed by atoms with E-state index in [1.165, 1.54) is 5.56 Å². The summed E-state index contributed by atoms with van der Waals surface area (Å²) in [4.78, 5) is 0. The van der Waals surface area contributed by atoms with Crippen LogP contribution in [0.15, 0.2) is 18.2 Å². The van der Waals surface area contributed by atoms with E-state index in [0.717, 1.165) is 37.2 Å². The quantitative estimate of drug-likeness (QED) is 0.836. The minimum atomic E-state index is -0.136. The van der Waals surface area contributed by atoms with E-state index in [1.54, 1.807) is 7.11 Å². The fourth-order valence-corrected chi connectivity index (χ4v) is 2.65. The van der Waals surface area contributed by atoms with Crippen molar-refractivity contribution in [2.75, 3.05) is 26.8 Å². The second-order valence-electron chi connectivity index (χ2n) is 4.89. The Balaban J connectivity index is 2.44. The molecule has 2 N–H and O–H groups in total. The van der Waals surface area contributed by atoms with Crippen LogP contribution in [0, 0.1) is 6.92 Å². The smallest absolute Gasteiger partial charge is 0.122 e. The van der Waals surface area contributed by atoms with Gasteiger partial charge in [-0.3, -0.25) is 0 Å². The number of benzene rings is 1. The minimum Gasteiger partial charge on any atom is -0.496 e. The Bertz CT molecular complexity index is 384. The lowest BCUT2D eigenvalue weighted by molar-refractivity contribution is 0.155. The van der Waals surface area contributed by atoms with Crippen molar-refractivity contribution < 1.29 is 9.84 Å². The molecule has 0 amide bonds. The normalized spacial score (nSPS) is 19.0. The lowest BCUT2D eigenvalue weighted by Gasteiger charge is -2.37. The number of aliphatic hydroxyl groups excluding tert-OH is 1. The van der Waals surface area contributed by atoms with Crippen molar-refractivity contribution >= 4 is 0 Å². The first-order chi connectivity index (χ1) is 8.22. The molecule has 0 radical (unpaired) electrons. The van der Waals surface area contributed by atoms with Crippen LogP contribution in [0.3, 0.4) is 0 Å². The van der Waals surface area contributed by atoms with E-state index < -0.39 is 0 Å². The molecule has 1 aromatic carbocycles. The fraction of sp³-hybridized carbons (Fsp3) is 0.571. The van der Waals surface area contributed by atoms with E-state index in [-0.39, 0.29) is 12.0 Å². The molecule has 1 saturated heterocycles. The first kappa shape index (κ1) is 12.4. The van der Waals surface area contributed by atoms with Crippen molar-refractivity contribution in [2.45, 2.75) is 25.2 Å². The van der Waals surface area contributed by atoms with Crippen molar-refractivity contribution in [3.8, 4) is 5.75 Å². The SMILES string of the molecule is COc1ccc(C)cc1C1(CO)CCNCC1. The molecular weight excluding hydrogens is 214 g/mol. The standard InChI is InChI=1S/C14H21NO2/c1-11-3-4-13(17-2)12(9-11)14(10-16)5-7-15-8-6-14/h3-4,9,15-16H,5-8,10H2,1-2H3. The van der Waals surface area contributed by atoms with Crippen molar-refractivity contribution in [3.05, 3.63) is 29.3 Å². The average Bonchev–Trinajstić information content (AvgIpc) is 2.39. The van der Waals surface area contributed by atoms with Crippen molar-refractivity contribution in [1.29, 1.82) is 0 Å². The summed E-state index contributed by atoms with van der Waals surface area (Å²) in [5.41, 5.74) is 2.24. The molecule has 2 rings (SSSR count). The molecule has 94 valence electrons. The zero-order chi connectivity index (χ0) is 12.3. The highest BCUT2D eigenvalue weighted by molar-refractivity contribution is 5.43.